The van der Waals surface area contributed by atoms with E-state index in [2.05, 4.69) is 13.8 Å². The van der Waals surface area contributed by atoms with Crippen LogP contribution < -0.4 is 0 Å². The van der Waals surface area contributed by atoms with Gasteiger partial charge in [0, 0.05) is 28.8 Å². The number of rotatable bonds is 2. The van der Waals surface area contributed by atoms with Crippen LogP contribution in [0, 0.1) is 12.8 Å². The number of hydrogen-bond acceptors (Lipinski definition) is 3. The first-order valence-electron chi connectivity index (χ1n) is 7.08. The normalized spacial score (nSPS) is 23.1. The highest BCUT2D eigenvalue weighted by atomic mass is 35.7. The molecule has 1 amide bonds. The first-order chi connectivity index (χ1) is 9.71. The predicted octanol–water partition coefficient (Wildman–Crippen LogP) is 3.18. The largest absolute Gasteiger partial charge is 0.336 e. The van der Waals surface area contributed by atoms with E-state index in [4.69, 9.17) is 10.7 Å². The van der Waals surface area contributed by atoms with Crippen molar-refractivity contribution in [2.24, 2.45) is 5.92 Å². The molecule has 0 aliphatic carbocycles. The summed E-state index contributed by atoms with van der Waals surface area (Å²) in [6, 6.07) is 4.59. The predicted molar refractivity (Wildman–Crippen MR) is 83.1 cm³/mol. The lowest BCUT2D eigenvalue weighted by atomic mass is 9.91. The molecule has 0 saturated carbocycles. The molecule has 1 saturated heterocycles. The number of piperidine rings is 1. The van der Waals surface area contributed by atoms with E-state index >= 15 is 0 Å². The summed E-state index contributed by atoms with van der Waals surface area (Å²) in [6.45, 7) is 6.70. The maximum Gasteiger partial charge on any atom is 0.261 e. The summed E-state index contributed by atoms with van der Waals surface area (Å²) >= 11 is 0. The van der Waals surface area contributed by atoms with Crippen molar-refractivity contribution in [3.8, 4) is 0 Å². The van der Waals surface area contributed by atoms with Crippen molar-refractivity contribution >= 4 is 25.6 Å². The number of aryl methyl sites for hydroxylation is 1. The third-order valence-corrected chi connectivity index (χ3v) is 5.70. The van der Waals surface area contributed by atoms with Gasteiger partial charge in [-0.3, -0.25) is 4.79 Å². The van der Waals surface area contributed by atoms with Gasteiger partial charge in [-0.05, 0) is 56.4 Å². The average Bonchev–Trinajstić information content (AvgIpc) is 2.40. The molecule has 0 N–H and O–H groups in total. The Morgan fingerprint density at radius 1 is 1.33 bits per heavy atom. The van der Waals surface area contributed by atoms with E-state index in [1.807, 2.05) is 4.90 Å². The maximum absolute atomic E-state index is 12.7. The lowest BCUT2D eigenvalue weighted by Crippen LogP contribution is -2.46. The van der Waals surface area contributed by atoms with Crippen molar-refractivity contribution < 1.29 is 13.2 Å². The third kappa shape index (κ3) is 3.40. The van der Waals surface area contributed by atoms with Gasteiger partial charge in [-0.1, -0.05) is 6.92 Å². The molecule has 2 unspecified atom stereocenters. The number of carbonyl (C=O) groups is 1. The summed E-state index contributed by atoms with van der Waals surface area (Å²) < 4.78 is 22.7. The lowest BCUT2D eigenvalue weighted by molar-refractivity contribution is 0.0550. The van der Waals surface area contributed by atoms with Gasteiger partial charge in [0.25, 0.3) is 15.0 Å². The molecule has 0 radical (unpaired) electrons. The Morgan fingerprint density at radius 2 is 2.00 bits per heavy atom. The highest BCUT2D eigenvalue weighted by Gasteiger charge is 2.29. The highest BCUT2D eigenvalue weighted by molar-refractivity contribution is 8.13. The number of carbonyl (C=O) groups excluding carboxylic acids is 1. The zero-order chi connectivity index (χ0) is 15.8. The molecule has 2 atom stereocenters. The molecule has 1 aliphatic heterocycles. The molecule has 2 rings (SSSR count). The summed E-state index contributed by atoms with van der Waals surface area (Å²) in [4.78, 5) is 14.6. The van der Waals surface area contributed by atoms with Gasteiger partial charge < -0.3 is 4.90 Å². The number of halogens is 1. The standard InChI is InChI=1S/C15H20ClNO3S/c1-10-5-4-8-17(12(10)3)15(18)14-7-6-13(9-11(14)2)21(16,19)20/h6-7,9-10,12H,4-5,8H2,1-3H3. The van der Waals surface area contributed by atoms with Crippen LogP contribution in [-0.4, -0.2) is 31.8 Å². The van der Waals surface area contributed by atoms with Crippen molar-refractivity contribution in [2.45, 2.75) is 44.6 Å². The van der Waals surface area contributed by atoms with E-state index in [1.54, 1.807) is 13.0 Å². The molecule has 1 fully saturated rings. The van der Waals surface area contributed by atoms with Gasteiger partial charge in [0.05, 0.1) is 4.90 Å². The Bertz CT molecular complexity index is 657. The van der Waals surface area contributed by atoms with Gasteiger partial charge in [-0.2, -0.15) is 0 Å². The van der Waals surface area contributed by atoms with Crippen LogP contribution in [0.25, 0.3) is 0 Å². The van der Waals surface area contributed by atoms with Crippen LogP contribution in [0.1, 0.15) is 42.6 Å². The molecule has 0 aromatic heterocycles. The van der Waals surface area contributed by atoms with Crippen LogP contribution in [0.5, 0.6) is 0 Å². The minimum Gasteiger partial charge on any atom is -0.336 e. The second-order valence-electron chi connectivity index (χ2n) is 5.77. The molecule has 1 aromatic rings. The van der Waals surface area contributed by atoms with E-state index in [9.17, 15) is 13.2 Å². The van der Waals surface area contributed by atoms with Crippen LogP contribution in [0.3, 0.4) is 0 Å². The Labute approximate surface area is 130 Å². The van der Waals surface area contributed by atoms with E-state index in [1.165, 1.54) is 12.1 Å². The molecule has 0 spiro atoms. The van der Waals surface area contributed by atoms with Crippen LogP contribution in [0.15, 0.2) is 23.1 Å². The van der Waals surface area contributed by atoms with Crippen molar-refractivity contribution in [1.82, 2.24) is 4.90 Å². The minimum absolute atomic E-state index is 0.0262. The van der Waals surface area contributed by atoms with E-state index < -0.39 is 9.05 Å². The summed E-state index contributed by atoms with van der Waals surface area (Å²) in [6.07, 6.45) is 2.14. The van der Waals surface area contributed by atoms with Crippen LogP contribution in [0.4, 0.5) is 0 Å². The van der Waals surface area contributed by atoms with E-state index in [0.717, 1.165) is 19.4 Å². The lowest BCUT2D eigenvalue weighted by Gasteiger charge is -2.38. The fraction of sp³-hybridized carbons (Fsp3) is 0.533. The van der Waals surface area contributed by atoms with Crippen LogP contribution in [-0.2, 0) is 9.05 Å². The quantitative estimate of drug-likeness (QED) is 0.783. The smallest absolute Gasteiger partial charge is 0.261 e. The summed E-state index contributed by atoms with van der Waals surface area (Å²) in [7, 11) is 1.57. The molecule has 6 heteroatoms. The van der Waals surface area contributed by atoms with Crippen molar-refractivity contribution in [3.05, 3.63) is 29.3 Å². The first-order valence-corrected chi connectivity index (χ1v) is 9.39. The zero-order valence-corrected chi connectivity index (χ0v) is 14.0. The van der Waals surface area contributed by atoms with Gasteiger partial charge in [0.2, 0.25) is 0 Å². The van der Waals surface area contributed by atoms with E-state index in [0.29, 0.717) is 17.0 Å². The van der Waals surface area contributed by atoms with Gasteiger partial charge in [0.15, 0.2) is 0 Å². The number of hydrogen-bond donors (Lipinski definition) is 0. The first kappa shape index (κ1) is 16.3. The molecule has 1 heterocycles. The molecule has 116 valence electrons. The molecule has 1 aliphatic rings. The van der Waals surface area contributed by atoms with Gasteiger partial charge in [-0.25, -0.2) is 8.42 Å². The SMILES string of the molecule is Cc1cc(S(=O)(=O)Cl)ccc1C(=O)N1CCCC(C)C1C. The minimum atomic E-state index is -3.76. The molecule has 0 bridgehead atoms. The molecular formula is C15H20ClNO3S. The van der Waals surface area contributed by atoms with Crippen molar-refractivity contribution in [2.75, 3.05) is 6.54 Å². The molecule has 4 nitrogen and oxygen atoms in total. The van der Waals surface area contributed by atoms with Gasteiger partial charge in [-0.15, -0.1) is 0 Å². The Hall–Kier alpha value is -1.07. The maximum atomic E-state index is 12.7. The topological polar surface area (TPSA) is 54.5 Å². The second kappa shape index (κ2) is 5.97. The molecule has 21 heavy (non-hydrogen) atoms. The zero-order valence-electron chi connectivity index (χ0n) is 12.5. The fourth-order valence-corrected chi connectivity index (χ4v) is 3.64. The fourth-order valence-electron chi connectivity index (χ4n) is 2.80. The Morgan fingerprint density at radius 3 is 2.57 bits per heavy atom. The molecular weight excluding hydrogens is 310 g/mol. The van der Waals surface area contributed by atoms with Crippen molar-refractivity contribution in [1.29, 1.82) is 0 Å². The Kier molecular flexibility index (Phi) is 4.63. The number of likely N-dealkylation sites (tertiary alicyclic amines) is 1. The third-order valence-electron chi connectivity index (χ3n) is 4.34. The van der Waals surface area contributed by atoms with Gasteiger partial charge in [0.1, 0.15) is 0 Å². The van der Waals surface area contributed by atoms with Crippen LogP contribution in [0.2, 0.25) is 0 Å². The average molecular weight is 330 g/mol. The highest BCUT2D eigenvalue weighted by Crippen LogP contribution is 2.26. The number of benzene rings is 1. The summed E-state index contributed by atoms with van der Waals surface area (Å²) in [5.74, 6) is 0.440. The molecule has 1 aromatic carbocycles. The number of nitrogens with zero attached hydrogens (tertiary/aromatic N) is 1. The van der Waals surface area contributed by atoms with Crippen LogP contribution >= 0.6 is 10.7 Å². The monoisotopic (exact) mass is 329 g/mol. The van der Waals surface area contributed by atoms with E-state index in [-0.39, 0.29) is 16.8 Å². The Balaban J connectivity index is 2.32. The van der Waals surface area contributed by atoms with Crippen molar-refractivity contribution in [3.63, 3.8) is 0 Å². The summed E-state index contributed by atoms with van der Waals surface area (Å²) in [5, 5.41) is 0. The number of amides is 1. The second-order valence-corrected chi connectivity index (χ2v) is 8.34. The summed E-state index contributed by atoms with van der Waals surface area (Å²) in [5.41, 5.74) is 1.17. The van der Waals surface area contributed by atoms with Gasteiger partial charge >= 0.3 is 0 Å².